The number of urea groups is 1. The molecule has 1 atom stereocenters. The number of hydrogen-bond acceptors (Lipinski definition) is 3. The molecule has 0 bridgehead atoms. The summed E-state index contributed by atoms with van der Waals surface area (Å²) in [6, 6.07) is 5.85. The number of anilines is 1. The van der Waals surface area contributed by atoms with Gasteiger partial charge in [0, 0.05) is 19.2 Å². The van der Waals surface area contributed by atoms with Gasteiger partial charge < -0.3 is 10.6 Å². The average Bonchev–Trinajstić information content (AvgIpc) is 2.68. The van der Waals surface area contributed by atoms with Gasteiger partial charge >= 0.3 is 6.03 Å². The van der Waals surface area contributed by atoms with E-state index in [9.17, 15) is 14.4 Å². The molecule has 1 aromatic carbocycles. The Balaban J connectivity index is 2.07. The third-order valence-electron chi connectivity index (χ3n) is 3.15. The Kier molecular flexibility index (Phi) is 4.02. The van der Waals surface area contributed by atoms with Crippen LogP contribution < -0.4 is 10.6 Å². The molecule has 1 fully saturated rings. The maximum atomic E-state index is 11.8. The van der Waals surface area contributed by atoms with Crippen LogP contribution in [0, 0.1) is 0 Å². The fraction of sp³-hybridized carbons (Fsp3) is 0.357. The normalized spacial score (nSPS) is 18.1. The Morgan fingerprint density at radius 1 is 1.30 bits per heavy atom. The van der Waals surface area contributed by atoms with Crippen molar-refractivity contribution in [3.05, 3.63) is 29.8 Å². The number of hydrogen-bond donors (Lipinski definition) is 2. The van der Waals surface area contributed by atoms with E-state index in [0.29, 0.717) is 17.7 Å². The van der Waals surface area contributed by atoms with E-state index in [0.717, 1.165) is 11.3 Å². The molecule has 0 aromatic heterocycles. The fourth-order valence-electron chi connectivity index (χ4n) is 2.01. The van der Waals surface area contributed by atoms with E-state index in [1.807, 2.05) is 6.92 Å². The zero-order valence-electron chi connectivity index (χ0n) is 11.5. The molecule has 6 heteroatoms. The van der Waals surface area contributed by atoms with E-state index in [1.165, 1.54) is 7.05 Å². The van der Waals surface area contributed by atoms with Crippen molar-refractivity contribution in [1.82, 2.24) is 10.2 Å². The van der Waals surface area contributed by atoms with Crippen molar-refractivity contribution in [2.24, 2.45) is 0 Å². The van der Waals surface area contributed by atoms with Crippen LogP contribution in [0.5, 0.6) is 0 Å². The van der Waals surface area contributed by atoms with Crippen LogP contribution in [0.25, 0.3) is 0 Å². The molecule has 0 spiro atoms. The first-order valence-corrected chi connectivity index (χ1v) is 6.50. The van der Waals surface area contributed by atoms with Gasteiger partial charge in [-0.1, -0.05) is 19.1 Å². The number of amides is 4. The number of carbonyl (C=O) groups is 3. The van der Waals surface area contributed by atoms with Crippen molar-refractivity contribution in [3.63, 3.8) is 0 Å². The second-order valence-corrected chi connectivity index (χ2v) is 4.70. The maximum absolute atomic E-state index is 11.8. The summed E-state index contributed by atoms with van der Waals surface area (Å²) in [6.45, 7) is 1.94. The summed E-state index contributed by atoms with van der Waals surface area (Å²) in [7, 11) is 1.44. The standard InChI is InChI=1S/C14H17N3O3/c1-3-4-11(18)15-10-7-5-9(6-8-10)12-13(19)17(2)14(20)16-12/h5-8,12H,3-4H2,1-2H3,(H,15,18)(H,16,20). The van der Waals surface area contributed by atoms with Gasteiger partial charge in [-0.3, -0.25) is 14.5 Å². The summed E-state index contributed by atoms with van der Waals surface area (Å²) in [5.74, 6) is -0.317. The minimum absolute atomic E-state index is 0.0368. The van der Waals surface area contributed by atoms with Crippen LogP contribution in [0.2, 0.25) is 0 Å². The van der Waals surface area contributed by atoms with E-state index < -0.39 is 12.1 Å². The summed E-state index contributed by atoms with van der Waals surface area (Å²) in [5.41, 5.74) is 1.37. The largest absolute Gasteiger partial charge is 0.326 e. The van der Waals surface area contributed by atoms with Crippen LogP contribution in [-0.4, -0.2) is 29.8 Å². The predicted molar refractivity (Wildman–Crippen MR) is 74.0 cm³/mol. The van der Waals surface area contributed by atoms with Crippen LogP contribution >= 0.6 is 0 Å². The van der Waals surface area contributed by atoms with Crippen molar-refractivity contribution in [1.29, 1.82) is 0 Å². The fourth-order valence-corrected chi connectivity index (χ4v) is 2.01. The molecule has 1 saturated heterocycles. The lowest BCUT2D eigenvalue weighted by molar-refractivity contribution is -0.126. The van der Waals surface area contributed by atoms with Gasteiger partial charge in [-0.15, -0.1) is 0 Å². The molecule has 1 aromatic rings. The second-order valence-electron chi connectivity index (χ2n) is 4.70. The predicted octanol–water partition coefficient (Wildman–Crippen LogP) is 1.65. The van der Waals surface area contributed by atoms with E-state index in [2.05, 4.69) is 10.6 Å². The number of benzene rings is 1. The summed E-state index contributed by atoms with van der Waals surface area (Å²) < 4.78 is 0. The molecule has 4 amide bonds. The lowest BCUT2D eigenvalue weighted by atomic mass is 10.1. The molecule has 2 rings (SSSR count). The topological polar surface area (TPSA) is 78.5 Å². The Bertz CT molecular complexity index is 539. The smallest absolute Gasteiger partial charge is 0.324 e. The first-order chi connectivity index (χ1) is 9.52. The molecule has 1 aliphatic rings. The number of imide groups is 1. The zero-order valence-corrected chi connectivity index (χ0v) is 11.5. The van der Waals surface area contributed by atoms with Gasteiger partial charge in [0.05, 0.1) is 0 Å². The number of nitrogens with one attached hydrogen (secondary N) is 2. The van der Waals surface area contributed by atoms with Crippen molar-refractivity contribution in [2.45, 2.75) is 25.8 Å². The van der Waals surface area contributed by atoms with Crippen molar-refractivity contribution >= 4 is 23.5 Å². The Morgan fingerprint density at radius 3 is 2.45 bits per heavy atom. The van der Waals surface area contributed by atoms with Gasteiger partial charge in [-0.25, -0.2) is 4.79 Å². The highest BCUT2D eigenvalue weighted by molar-refractivity contribution is 6.04. The van der Waals surface area contributed by atoms with Crippen LogP contribution in [0.15, 0.2) is 24.3 Å². The van der Waals surface area contributed by atoms with E-state index in [-0.39, 0.29) is 11.8 Å². The number of carbonyl (C=O) groups excluding carboxylic acids is 3. The molecule has 1 heterocycles. The van der Waals surface area contributed by atoms with Gasteiger partial charge in [0.1, 0.15) is 6.04 Å². The lowest BCUT2D eigenvalue weighted by Crippen LogP contribution is -2.25. The monoisotopic (exact) mass is 275 g/mol. The quantitative estimate of drug-likeness (QED) is 0.820. The highest BCUT2D eigenvalue weighted by atomic mass is 16.2. The number of rotatable bonds is 4. The molecule has 6 nitrogen and oxygen atoms in total. The van der Waals surface area contributed by atoms with Crippen LogP contribution in [0.3, 0.4) is 0 Å². The van der Waals surface area contributed by atoms with Crippen LogP contribution in [-0.2, 0) is 9.59 Å². The Hall–Kier alpha value is -2.37. The number of nitrogens with zero attached hydrogens (tertiary/aromatic N) is 1. The molecule has 106 valence electrons. The van der Waals surface area contributed by atoms with Crippen LogP contribution in [0.1, 0.15) is 31.4 Å². The molecule has 0 saturated carbocycles. The summed E-state index contributed by atoms with van der Waals surface area (Å²) in [6.07, 6.45) is 1.27. The molecule has 0 radical (unpaired) electrons. The molecule has 1 aliphatic heterocycles. The highest BCUT2D eigenvalue weighted by Crippen LogP contribution is 2.22. The van der Waals surface area contributed by atoms with Gasteiger partial charge in [-0.05, 0) is 24.1 Å². The van der Waals surface area contributed by atoms with Gasteiger partial charge in [-0.2, -0.15) is 0 Å². The zero-order chi connectivity index (χ0) is 14.7. The summed E-state index contributed by atoms with van der Waals surface area (Å²) >= 11 is 0. The second kappa shape index (κ2) is 5.73. The van der Waals surface area contributed by atoms with Gasteiger partial charge in [0.25, 0.3) is 5.91 Å². The minimum atomic E-state index is -0.645. The van der Waals surface area contributed by atoms with E-state index >= 15 is 0 Å². The molecule has 2 N–H and O–H groups in total. The van der Waals surface area contributed by atoms with Crippen molar-refractivity contribution in [2.75, 3.05) is 12.4 Å². The lowest BCUT2D eigenvalue weighted by Gasteiger charge is -2.10. The van der Waals surface area contributed by atoms with E-state index in [4.69, 9.17) is 0 Å². The van der Waals surface area contributed by atoms with Gasteiger partial charge in [0.2, 0.25) is 5.91 Å². The Morgan fingerprint density at radius 2 is 1.95 bits per heavy atom. The third kappa shape index (κ3) is 2.79. The van der Waals surface area contributed by atoms with Gasteiger partial charge in [0.15, 0.2) is 0 Å². The molecular weight excluding hydrogens is 258 g/mol. The third-order valence-corrected chi connectivity index (χ3v) is 3.15. The summed E-state index contributed by atoms with van der Waals surface area (Å²) in [4.78, 5) is 35.7. The average molecular weight is 275 g/mol. The van der Waals surface area contributed by atoms with E-state index in [1.54, 1.807) is 24.3 Å². The SMILES string of the molecule is CCCC(=O)Nc1ccc(C2NC(=O)N(C)C2=O)cc1. The maximum Gasteiger partial charge on any atom is 0.324 e. The molecule has 1 unspecified atom stereocenters. The number of likely N-dealkylation sites (N-methyl/N-ethyl adjacent to an activating group) is 1. The van der Waals surface area contributed by atoms with Crippen molar-refractivity contribution in [3.8, 4) is 0 Å². The Labute approximate surface area is 117 Å². The molecule has 0 aliphatic carbocycles. The molecular formula is C14H17N3O3. The first-order valence-electron chi connectivity index (χ1n) is 6.50. The summed E-state index contributed by atoms with van der Waals surface area (Å²) in [5, 5.41) is 5.37. The molecule has 20 heavy (non-hydrogen) atoms. The van der Waals surface area contributed by atoms with Crippen LogP contribution in [0.4, 0.5) is 10.5 Å². The minimum Gasteiger partial charge on any atom is -0.326 e. The first kappa shape index (κ1) is 14.0. The van der Waals surface area contributed by atoms with Crippen molar-refractivity contribution < 1.29 is 14.4 Å². The highest BCUT2D eigenvalue weighted by Gasteiger charge is 2.36.